The van der Waals surface area contributed by atoms with Crippen LogP contribution in [0.4, 0.5) is 8.78 Å². The molecule has 0 aliphatic heterocycles. The average Bonchev–Trinajstić information content (AvgIpc) is 2.59. The van der Waals surface area contributed by atoms with Crippen molar-refractivity contribution in [3.8, 4) is 6.07 Å². The zero-order chi connectivity index (χ0) is 19.7. The minimum atomic E-state index is -4.12. The van der Waals surface area contributed by atoms with E-state index in [1.54, 1.807) is 0 Å². The molecule has 1 aromatic rings. The highest BCUT2D eigenvalue weighted by atomic mass is 32.2. The average molecular weight is 389 g/mol. The van der Waals surface area contributed by atoms with Crippen LogP contribution in [0.15, 0.2) is 23.1 Å². The van der Waals surface area contributed by atoms with Crippen molar-refractivity contribution in [2.75, 3.05) is 26.7 Å². The van der Waals surface area contributed by atoms with Crippen LogP contribution in [0.2, 0.25) is 0 Å². The Hall–Kier alpha value is -2.58. The van der Waals surface area contributed by atoms with Gasteiger partial charge in [-0.2, -0.15) is 5.26 Å². The van der Waals surface area contributed by atoms with Gasteiger partial charge in [-0.05, 0) is 18.2 Å². The number of benzene rings is 1. The molecule has 26 heavy (non-hydrogen) atoms. The Balaban J connectivity index is 2.42. The van der Waals surface area contributed by atoms with Gasteiger partial charge in [0.2, 0.25) is 10.0 Å². The third kappa shape index (κ3) is 6.73. The highest BCUT2D eigenvalue weighted by molar-refractivity contribution is 7.89. The van der Waals surface area contributed by atoms with Crippen molar-refractivity contribution in [1.29, 1.82) is 5.26 Å². The minimum absolute atomic E-state index is 0.141. The summed E-state index contributed by atoms with van der Waals surface area (Å²) in [4.78, 5) is 23.8. The van der Waals surface area contributed by atoms with E-state index in [0.29, 0.717) is 12.1 Å². The van der Waals surface area contributed by atoms with Gasteiger partial charge in [0, 0.05) is 20.1 Å². The third-order valence-corrected chi connectivity index (χ3v) is 4.62. The summed E-state index contributed by atoms with van der Waals surface area (Å²) in [5.41, 5.74) is 0. The third-order valence-electron chi connectivity index (χ3n) is 3.16. The number of ether oxygens (including phenoxy) is 1. The van der Waals surface area contributed by atoms with E-state index in [-0.39, 0.29) is 25.9 Å². The zero-order valence-electron chi connectivity index (χ0n) is 13.9. The predicted octanol–water partition coefficient (Wildman–Crippen LogP) is 0.548. The summed E-state index contributed by atoms with van der Waals surface area (Å²) < 4.78 is 56.4. The maximum Gasteiger partial charge on any atom is 0.307 e. The molecule has 0 saturated heterocycles. The monoisotopic (exact) mass is 389 g/mol. The number of nitriles is 1. The first-order chi connectivity index (χ1) is 12.2. The summed E-state index contributed by atoms with van der Waals surface area (Å²) in [6.45, 7) is -0.684. The van der Waals surface area contributed by atoms with Gasteiger partial charge in [0.1, 0.15) is 0 Å². The SMILES string of the molecule is CN(CCC#N)C(=O)COC(=O)CCNS(=O)(=O)c1ccc(F)c(F)c1. The number of hydrogen-bond donors (Lipinski definition) is 1. The second-order valence-electron chi connectivity index (χ2n) is 5.11. The van der Waals surface area contributed by atoms with Gasteiger partial charge in [-0.3, -0.25) is 9.59 Å². The Kier molecular flexibility index (Phi) is 8.08. The van der Waals surface area contributed by atoms with E-state index in [9.17, 15) is 26.8 Å². The van der Waals surface area contributed by atoms with Crippen LogP contribution >= 0.6 is 0 Å². The number of carbonyl (C=O) groups is 2. The maximum absolute atomic E-state index is 13.1. The van der Waals surface area contributed by atoms with Crippen molar-refractivity contribution >= 4 is 21.9 Å². The van der Waals surface area contributed by atoms with E-state index in [0.717, 1.165) is 6.07 Å². The van der Waals surface area contributed by atoms with Crippen molar-refractivity contribution in [2.24, 2.45) is 0 Å². The molecule has 0 bridgehead atoms. The number of amides is 1. The van der Waals surface area contributed by atoms with Crippen molar-refractivity contribution in [1.82, 2.24) is 9.62 Å². The van der Waals surface area contributed by atoms with E-state index >= 15 is 0 Å². The topological polar surface area (TPSA) is 117 Å². The Morgan fingerprint density at radius 2 is 2.00 bits per heavy atom. The molecule has 8 nitrogen and oxygen atoms in total. The molecule has 0 aromatic heterocycles. The van der Waals surface area contributed by atoms with Crippen LogP contribution in [0.25, 0.3) is 0 Å². The molecular weight excluding hydrogens is 372 g/mol. The molecule has 11 heteroatoms. The lowest BCUT2D eigenvalue weighted by Crippen LogP contribution is -2.32. The largest absolute Gasteiger partial charge is 0.456 e. The molecule has 0 atom stereocenters. The molecule has 1 amide bonds. The summed E-state index contributed by atoms with van der Waals surface area (Å²) in [6.07, 6.45) is -0.222. The molecule has 142 valence electrons. The number of likely N-dealkylation sites (N-methyl/N-ethyl adjacent to an activating group) is 1. The molecule has 0 unspecified atom stereocenters. The summed E-state index contributed by atoms with van der Waals surface area (Å²) >= 11 is 0. The molecule has 0 aliphatic carbocycles. The first-order valence-corrected chi connectivity index (χ1v) is 8.87. The lowest BCUT2D eigenvalue weighted by molar-refractivity contribution is -0.151. The van der Waals surface area contributed by atoms with Crippen molar-refractivity contribution in [2.45, 2.75) is 17.7 Å². The van der Waals surface area contributed by atoms with E-state index in [4.69, 9.17) is 10.00 Å². The lowest BCUT2D eigenvalue weighted by atomic mass is 10.3. The fourth-order valence-corrected chi connectivity index (χ4v) is 2.73. The van der Waals surface area contributed by atoms with Gasteiger partial charge in [-0.25, -0.2) is 21.9 Å². The second kappa shape index (κ2) is 9.79. The van der Waals surface area contributed by atoms with E-state index in [1.807, 2.05) is 10.8 Å². The zero-order valence-corrected chi connectivity index (χ0v) is 14.7. The maximum atomic E-state index is 13.1. The molecule has 0 radical (unpaired) electrons. The second-order valence-corrected chi connectivity index (χ2v) is 6.87. The first kappa shape index (κ1) is 21.5. The Morgan fingerprint density at radius 1 is 1.31 bits per heavy atom. The number of nitrogens with zero attached hydrogens (tertiary/aromatic N) is 2. The number of rotatable bonds is 9. The number of nitrogens with one attached hydrogen (secondary N) is 1. The van der Waals surface area contributed by atoms with Gasteiger partial charge in [-0.1, -0.05) is 0 Å². The number of carbonyl (C=O) groups excluding carboxylic acids is 2. The summed E-state index contributed by atoms with van der Waals surface area (Å²) in [5.74, 6) is -3.82. The highest BCUT2D eigenvalue weighted by Gasteiger charge is 2.17. The van der Waals surface area contributed by atoms with Gasteiger partial charge >= 0.3 is 5.97 Å². The minimum Gasteiger partial charge on any atom is -0.456 e. The van der Waals surface area contributed by atoms with Crippen molar-refractivity contribution in [3.63, 3.8) is 0 Å². The van der Waals surface area contributed by atoms with E-state index in [1.165, 1.54) is 11.9 Å². The quantitative estimate of drug-likeness (QED) is 0.617. The Morgan fingerprint density at radius 3 is 2.62 bits per heavy atom. The van der Waals surface area contributed by atoms with Gasteiger partial charge < -0.3 is 9.64 Å². The van der Waals surface area contributed by atoms with Crippen LogP contribution in [0.1, 0.15) is 12.8 Å². The molecular formula is C15H17F2N3O5S. The van der Waals surface area contributed by atoms with Crippen LogP contribution in [-0.4, -0.2) is 51.9 Å². The normalized spacial score (nSPS) is 10.8. The number of sulfonamides is 1. The number of hydrogen-bond acceptors (Lipinski definition) is 6. The van der Waals surface area contributed by atoms with Crippen LogP contribution in [0, 0.1) is 23.0 Å². The van der Waals surface area contributed by atoms with Gasteiger partial charge in [0.15, 0.2) is 18.2 Å². The molecule has 0 aliphatic rings. The molecule has 0 fully saturated rings. The highest BCUT2D eigenvalue weighted by Crippen LogP contribution is 2.13. The van der Waals surface area contributed by atoms with Crippen LogP contribution in [-0.2, 0) is 24.3 Å². The van der Waals surface area contributed by atoms with E-state index < -0.39 is 45.0 Å². The van der Waals surface area contributed by atoms with Crippen LogP contribution < -0.4 is 4.72 Å². The molecule has 0 saturated carbocycles. The summed E-state index contributed by atoms with van der Waals surface area (Å²) in [6, 6.07) is 3.95. The number of halogens is 2. The van der Waals surface area contributed by atoms with Crippen molar-refractivity contribution in [3.05, 3.63) is 29.8 Å². The van der Waals surface area contributed by atoms with Gasteiger partial charge in [0.25, 0.3) is 5.91 Å². The molecule has 1 aromatic carbocycles. The Labute approximate surface area is 149 Å². The molecule has 0 heterocycles. The first-order valence-electron chi connectivity index (χ1n) is 7.38. The van der Waals surface area contributed by atoms with Crippen molar-refractivity contribution < 1.29 is 31.5 Å². The fraction of sp³-hybridized carbons (Fsp3) is 0.400. The van der Waals surface area contributed by atoms with E-state index in [2.05, 4.69) is 0 Å². The smallest absolute Gasteiger partial charge is 0.307 e. The fourth-order valence-electron chi connectivity index (χ4n) is 1.68. The molecule has 0 spiro atoms. The van der Waals surface area contributed by atoms with Crippen LogP contribution in [0.3, 0.4) is 0 Å². The standard InChI is InChI=1S/C15H17F2N3O5S/c1-20(8-2-6-18)14(21)10-25-15(22)5-7-19-26(23,24)11-3-4-12(16)13(17)9-11/h3-4,9,19H,2,5,7-8,10H2,1H3. The Bertz CT molecular complexity index is 808. The van der Waals surface area contributed by atoms with Crippen LogP contribution in [0.5, 0.6) is 0 Å². The number of esters is 1. The van der Waals surface area contributed by atoms with Gasteiger partial charge in [0.05, 0.1) is 23.8 Å². The van der Waals surface area contributed by atoms with Gasteiger partial charge in [-0.15, -0.1) is 0 Å². The summed E-state index contributed by atoms with van der Waals surface area (Å²) in [7, 11) is -2.67. The lowest BCUT2D eigenvalue weighted by Gasteiger charge is -2.15. The summed E-state index contributed by atoms with van der Waals surface area (Å²) in [5, 5.41) is 8.42. The molecule has 1 rings (SSSR count). The molecule has 1 N–H and O–H groups in total. The predicted molar refractivity (Wildman–Crippen MR) is 85.0 cm³/mol.